The fourth-order valence-corrected chi connectivity index (χ4v) is 1.87. The van der Waals surface area contributed by atoms with Crippen molar-refractivity contribution in [3.63, 3.8) is 0 Å². The Morgan fingerprint density at radius 3 is 3.13 bits per heavy atom. The van der Waals surface area contributed by atoms with E-state index in [1.165, 1.54) is 5.56 Å². The molecule has 1 aliphatic carbocycles. The fraction of sp³-hybridized carbons (Fsp3) is 0.385. The van der Waals surface area contributed by atoms with Gasteiger partial charge in [-0.15, -0.1) is 0 Å². The van der Waals surface area contributed by atoms with Crippen molar-refractivity contribution < 1.29 is 9.84 Å². The van der Waals surface area contributed by atoms with Crippen molar-refractivity contribution in [2.24, 2.45) is 0 Å². The zero-order chi connectivity index (χ0) is 10.8. The maximum atomic E-state index is 9.64. The summed E-state index contributed by atoms with van der Waals surface area (Å²) >= 11 is 0. The van der Waals surface area contributed by atoms with Gasteiger partial charge < -0.3 is 9.84 Å². The van der Waals surface area contributed by atoms with Gasteiger partial charge in [-0.1, -0.05) is 12.6 Å². The van der Waals surface area contributed by atoms with E-state index in [2.05, 4.69) is 6.58 Å². The fourth-order valence-electron chi connectivity index (χ4n) is 1.87. The highest BCUT2D eigenvalue weighted by molar-refractivity contribution is 5.39. The predicted molar refractivity (Wildman–Crippen MR) is 60.0 cm³/mol. The number of fused-ring (bicyclic) bond motifs is 1. The van der Waals surface area contributed by atoms with Gasteiger partial charge in [0.1, 0.15) is 12.4 Å². The van der Waals surface area contributed by atoms with Gasteiger partial charge in [0, 0.05) is 0 Å². The van der Waals surface area contributed by atoms with Gasteiger partial charge in [-0.25, -0.2) is 0 Å². The molecule has 0 aromatic heterocycles. The van der Waals surface area contributed by atoms with Gasteiger partial charge in [-0.05, 0) is 48.6 Å². The summed E-state index contributed by atoms with van der Waals surface area (Å²) in [6.45, 7) is 6.29. The number of hydrogen-bond acceptors (Lipinski definition) is 2. The van der Waals surface area contributed by atoms with E-state index in [1.54, 1.807) is 0 Å². The molecule has 0 aliphatic heterocycles. The molecule has 1 atom stereocenters. The van der Waals surface area contributed by atoms with Gasteiger partial charge >= 0.3 is 0 Å². The van der Waals surface area contributed by atoms with Gasteiger partial charge in [0.25, 0.3) is 0 Å². The first-order chi connectivity index (χ1) is 7.16. The van der Waals surface area contributed by atoms with Crippen LogP contribution in [0.3, 0.4) is 0 Å². The van der Waals surface area contributed by atoms with Crippen molar-refractivity contribution in [1.29, 1.82) is 0 Å². The highest BCUT2D eigenvalue weighted by Crippen LogP contribution is 2.33. The number of aryl methyl sites for hydroxylation is 1. The summed E-state index contributed by atoms with van der Waals surface area (Å²) in [7, 11) is 0. The molecular weight excluding hydrogens is 188 g/mol. The second-order valence-corrected chi connectivity index (χ2v) is 4.16. The number of hydrogen-bond donors (Lipinski definition) is 1. The third-order valence-electron chi connectivity index (χ3n) is 2.65. The lowest BCUT2D eigenvalue weighted by Crippen LogP contribution is -1.98. The maximum absolute atomic E-state index is 9.64. The molecule has 0 spiro atoms. The van der Waals surface area contributed by atoms with E-state index in [1.807, 2.05) is 25.1 Å². The summed E-state index contributed by atoms with van der Waals surface area (Å²) < 4.78 is 5.55. The number of ether oxygens (including phenoxy) is 1. The quantitative estimate of drug-likeness (QED) is 0.767. The number of rotatable bonds is 3. The van der Waals surface area contributed by atoms with Gasteiger partial charge in [0.15, 0.2) is 0 Å². The molecule has 0 saturated heterocycles. The molecule has 0 amide bonds. The highest BCUT2D eigenvalue weighted by Gasteiger charge is 2.20. The molecule has 15 heavy (non-hydrogen) atoms. The first-order valence-corrected chi connectivity index (χ1v) is 5.25. The van der Waals surface area contributed by atoms with Crippen LogP contribution in [-0.2, 0) is 6.42 Å². The van der Waals surface area contributed by atoms with E-state index in [0.29, 0.717) is 6.61 Å². The second kappa shape index (κ2) is 4.07. The molecule has 2 heteroatoms. The lowest BCUT2D eigenvalue weighted by molar-refractivity contribution is 0.180. The zero-order valence-corrected chi connectivity index (χ0v) is 8.99. The largest absolute Gasteiger partial charge is 0.489 e. The summed E-state index contributed by atoms with van der Waals surface area (Å²) in [5.74, 6) is 0.867. The third kappa shape index (κ3) is 2.21. The average Bonchev–Trinajstić information content (AvgIpc) is 2.57. The normalized spacial score (nSPS) is 18.7. The van der Waals surface area contributed by atoms with Crippen LogP contribution in [0.15, 0.2) is 30.4 Å². The Bertz CT molecular complexity index is 382. The molecule has 1 N–H and O–H groups in total. The van der Waals surface area contributed by atoms with Crippen LogP contribution in [-0.4, -0.2) is 11.7 Å². The van der Waals surface area contributed by atoms with Gasteiger partial charge in [0.05, 0.1) is 6.10 Å². The first-order valence-electron chi connectivity index (χ1n) is 5.25. The van der Waals surface area contributed by atoms with Crippen LogP contribution >= 0.6 is 0 Å². The molecule has 2 nitrogen and oxygen atoms in total. The van der Waals surface area contributed by atoms with Crippen molar-refractivity contribution in [1.82, 2.24) is 0 Å². The van der Waals surface area contributed by atoms with Gasteiger partial charge in [0.2, 0.25) is 0 Å². The monoisotopic (exact) mass is 204 g/mol. The standard InChI is InChI=1S/C13H16O2/c1-9(2)8-15-11-4-5-12-10(7-11)3-6-13(12)14/h4-5,7,13-14H,1,3,6,8H2,2H3. The zero-order valence-electron chi connectivity index (χ0n) is 8.99. The molecule has 1 unspecified atom stereocenters. The topological polar surface area (TPSA) is 29.5 Å². The minimum absolute atomic E-state index is 0.282. The van der Waals surface area contributed by atoms with Crippen LogP contribution in [0.2, 0.25) is 0 Å². The van der Waals surface area contributed by atoms with E-state index in [4.69, 9.17) is 4.74 Å². The molecular formula is C13H16O2. The van der Waals surface area contributed by atoms with Crippen LogP contribution in [0.5, 0.6) is 5.75 Å². The molecule has 0 saturated carbocycles. The van der Waals surface area contributed by atoms with E-state index < -0.39 is 0 Å². The van der Waals surface area contributed by atoms with E-state index in [-0.39, 0.29) is 6.10 Å². The van der Waals surface area contributed by atoms with Crippen molar-refractivity contribution in [2.45, 2.75) is 25.9 Å². The first kappa shape index (κ1) is 10.2. The minimum Gasteiger partial charge on any atom is -0.489 e. The van der Waals surface area contributed by atoms with Crippen LogP contribution in [0.4, 0.5) is 0 Å². The summed E-state index contributed by atoms with van der Waals surface area (Å²) in [5, 5.41) is 9.64. The molecule has 1 aromatic carbocycles. The van der Waals surface area contributed by atoms with E-state index in [9.17, 15) is 5.11 Å². The highest BCUT2D eigenvalue weighted by atomic mass is 16.5. The van der Waals surface area contributed by atoms with Crippen LogP contribution < -0.4 is 4.74 Å². The molecule has 0 bridgehead atoms. The van der Waals surface area contributed by atoms with Crippen molar-refractivity contribution in [3.05, 3.63) is 41.5 Å². The number of aliphatic hydroxyl groups excluding tert-OH is 1. The Labute approximate surface area is 90.2 Å². The SMILES string of the molecule is C=C(C)COc1ccc2c(c1)CCC2O. The Kier molecular flexibility index (Phi) is 2.78. The Morgan fingerprint density at radius 2 is 2.40 bits per heavy atom. The van der Waals surface area contributed by atoms with E-state index in [0.717, 1.165) is 29.7 Å². The van der Waals surface area contributed by atoms with E-state index >= 15 is 0 Å². The molecule has 1 aliphatic rings. The minimum atomic E-state index is -0.282. The number of aliphatic hydroxyl groups is 1. The van der Waals surface area contributed by atoms with Gasteiger partial charge in [-0.3, -0.25) is 0 Å². The smallest absolute Gasteiger partial charge is 0.120 e. The Hall–Kier alpha value is -1.28. The summed E-state index contributed by atoms with van der Waals surface area (Å²) in [6, 6.07) is 5.89. The molecule has 2 rings (SSSR count). The molecule has 0 radical (unpaired) electrons. The number of benzene rings is 1. The predicted octanol–water partition coefficient (Wildman–Crippen LogP) is 2.62. The van der Waals surface area contributed by atoms with Crippen LogP contribution in [0.25, 0.3) is 0 Å². The Balaban J connectivity index is 2.12. The van der Waals surface area contributed by atoms with Crippen molar-refractivity contribution >= 4 is 0 Å². The lowest BCUT2D eigenvalue weighted by atomic mass is 10.1. The van der Waals surface area contributed by atoms with Crippen LogP contribution in [0, 0.1) is 0 Å². The lowest BCUT2D eigenvalue weighted by Gasteiger charge is -2.08. The summed E-state index contributed by atoms with van der Waals surface area (Å²) in [5.41, 5.74) is 3.27. The van der Waals surface area contributed by atoms with Crippen LogP contribution in [0.1, 0.15) is 30.6 Å². The second-order valence-electron chi connectivity index (χ2n) is 4.16. The summed E-state index contributed by atoms with van der Waals surface area (Å²) in [4.78, 5) is 0. The third-order valence-corrected chi connectivity index (χ3v) is 2.65. The Morgan fingerprint density at radius 1 is 1.60 bits per heavy atom. The average molecular weight is 204 g/mol. The summed E-state index contributed by atoms with van der Waals surface area (Å²) in [6.07, 6.45) is 1.50. The molecule has 1 aromatic rings. The maximum Gasteiger partial charge on any atom is 0.120 e. The molecule has 80 valence electrons. The van der Waals surface area contributed by atoms with Crippen molar-refractivity contribution in [2.75, 3.05) is 6.61 Å². The van der Waals surface area contributed by atoms with Gasteiger partial charge in [-0.2, -0.15) is 0 Å². The van der Waals surface area contributed by atoms with Crippen molar-refractivity contribution in [3.8, 4) is 5.75 Å². The molecule has 0 heterocycles. The molecule has 0 fully saturated rings.